The van der Waals surface area contributed by atoms with Crippen molar-refractivity contribution in [2.75, 3.05) is 38.0 Å². The molecule has 0 atom stereocenters. The lowest BCUT2D eigenvalue weighted by Gasteiger charge is -2.38. The first-order valence-electron chi connectivity index (χ1n) is 11.9. The Balaban J connectivity index is 1.46. The molecule has 0 spiro atoms. The molecule has 1 fully saturated rings. The van der Waals surface area contributed by atoms with Crippen LogP contribution in [0, 0.1) is 0 Å². The molecule has 0 unspecified atom stereocenters. The molecular weight excluding hydrogens is 416 g/mol. The first-order valence-corrected chi connectivity index (χ1v) is 11.9. The van der Waals surface area contributed by atoms with E-state index in [9.17, 15) is 14.7 Å². The molecule has 0 bridgehead atoms. The fourth-order valence-corrected chi connectivity index (χ4v) is 4.91. The van der Waals surface area contributed by atoms with Crippen molar-refractivity contribution in [3.05, 3.63) is 65.2 Å². The average Bonchev–Trinajstić information content (AvgIpc) is 2.86. The zero-order chi connectivity index (χ0) is 23.2. The van der Waals surface area contributed by atoms with Crippen LogP contribution in [0.25, 0.3) is 0 Å². The van der Waals surface area contributed by atoms with E-state index in [-0.39, 0.29) is 18.5 Å². The van der Waals surface area contributed by atoms with Crippen LogP contribution < -0.4 is 5.32 Å². The van der Waals surface area contributed by atoms with Crippen LogP contribution >= 0.6 is 0 Å². The van der Waals surface area contributed by atoms with Gasteiger partial charge in [0.25, 0.3) is 0 Å². The Kier molecular flexibility index (Phi) is 7.50. The third-order valence-corrected chi connectivity index (χ3v) is 6.92. The lowest BCUT2D eigenvalue weighted by molar-refractivity contribution is -0.133. The van der Waals surface area contributed by atoms with Crippen LogP contribution in [0.2, 0.25) is 0 Å². The van der Waals surface area contributed by atoms with E-state index < -0.39 is 6.09 Å². The van der Waals surface area contributed by atoms with Gasteiger partial charge < -0.3 is 20.2 Å². The maximum Gasteiger partial charge on any atom is 0.407 e. The summed E-state index contributed by atoms with van der Waals surface area (Å²) in [5.74, 6) is 0.0494. The molecule has 0 radical (unpaired) electrons. The number of hydrogen-bond acceptors (Lipinski definition) is 4. The van der Waals surface area contributed by atoms with Crippen LogP contribution in [-0.4, -0.2) is 70.6 Å². The van der Waals surface area contributed by atoms with Crippen LogP contribution in [0.3, 0.4) is 0 Å². The molecule has 2 aliphatic rings. The number of nitrogens with zero attached hydrogens (tertiary/aromatic N) is 3. The first-order chi connectivity index (χ1) is 16.0. The second kappa shape index (κ2) is 10.7. The highest BCUT2D eigenvalue weighted by molar-refractivity contribution is 5.81. The van der Waals surface area contributed by atoms with Gasteiger partial charge in [0.2, 0.25) is 5.91 Å². The molecule has 7 nitrogen and oxygen atoms in total. The van der Waals surface area contributed by atoms with E-state index in [2.05, 4.69) is 35.3 Å². The minimum atomic E-state index is -0.883. The lowest BCUT2D eigenvalue weighted by Crippen LogP contribution is -2.49. The summed E-state index contributed by atoms with van der Waals surface area (Å²) >= 11 is 0. The molecule has 2 aromatic carbocycles. The van der Waals surface area contributed by atoms with E-state index in [1.165, 1.54) is 16.0 Å². The van der Waals surface area contributed by atoms with E-state index in [0.29, 0.717) is 32.5 Å². The quantitative estimate of drug-likeness (QED) is 0.674. The Labute approximate surface area is 196 Å². The van der Waals surface area contributed by atoms with Crippen molar-refractivity contribution in [3.63, 3.8) is 0 Å². The summed E-state index contributed by atoms with van der Waals surface area (Å²) in [5.41, 5.74) is 4.78. The van der Waals surface area contributed by atoms with Gasteiger partial charge in [-0.15, -0.1) is 0 Å². The number of fused-ring (bicyclic) bond motifs is 1. The summed E-state index contributed by atoms with van der Waals surface area (Å²) in [6.45, 7) is 6.88. The molecule has 1 saturated heterocycles. The third-order valence-electron chi connectivity index (χ3n) is 6.92. The lowest BCUT2D eigenvalue weighted by atomic mass is 9.98. The summed E-state index contributed by atoms with van der Waals surface area (Å²) in [6.07, 6.45) is 1.48. The van der Waals surface area contributed by atoms with Crippen LogP contribution in [-0.2, 0) is 24.3 Å². The normalized spacial score (nSPS) is 16.8. The van der Waals surface area contributed by atoms with Crippen LogP contribution in [0.15, 0.2) is 48.5 Å². The number of carbonyl (C=O) groups excluding carboxylic acids is 1. The SMILES string of the molecule is CCN1CCc2cccc(NCC(=O)N(Cc3ccccc3)C3CCN(C(=O)O)CC3)c2C1. The van der Waals surface area contributed by atoms with Crippen molar-refractivity contribution in [1.29, 1.82) is 0 Å². The van der Waals surface area contributed by atoms with Crippen molar-refractivity contribution < 1.29 is 14.7 Å². The highest BCUT2D eigenvalue weighted by atomic mass is 16.4. The fraction of sp³-hybridized carbons (Fsp3) is 0.462. The second-order valence-corrected chi connectivity index (χ2v) is 8.92. The number of piperidine rings is 1. The molecule has 33 heavy (non-hydrogen) atoms. The maximum absolute atomic E-state index is 13.4. The number of carbonyl (C=O) groups is 2. The van der Waals surface area contributed by atoms with Crippen LogP contribution in [0.4, 0.5) is 10.5 Å². The molecule has 0 aromatic heterocycles. The number of carboxylic acid groups (broad SMARTS) is 1. The molecule has 176 valence electrons. The molecule has 2 heterocycles. The summed E-state index contributed by atoms with van der Waals surface area (Å²) in [6, 6.07) is 16.4. The van der Waals surface area contributed by atoms with Gasteiger partial charge >= 0.3 is 6.09 Å². The molecule has 0 aliphatic carbocycles. The van der Waals surface area contributed by atoms with Gasteiger partial charge in [-0.25, -0.2) is 4.79 Å². The monoisotopic (exact) mass is 450 g/mol. The molecule has 2 aromatic rings. The van der Waals surface area contributed by atoms with Gasteiger partial charge in [-0.3, -0.25) is 9.69 Å². The number of amides is 2. The van der Waals surface area contributed by atoms with E-state index in [0.717, 1.165) is 37.3 Å². The number of anilines is 1. The molecule has 2 aliphatic heterocycles. The van der Waals surface area contributed by atoms with Gasteiger partial charge in [0.1, 0.15) is 0 Å². The molecule has 4 rings (SSSR count). The van der Waals surface area contributed by atoms with E-state index in [4.69, 9.17) is 0 Å². The van der Waals surface area contributed by atoms with Crippen molar-refractivity contribution in [1.82, 2.24) is 14.7 Å². The molecule has 2 N–H and O–H groups in total. The Morgan fingerprint density at radius 3 is 2.52 bits per heavy atom. The maximum atomic E-state index is 13.4. The minimum absolute atomic E-state index is 0.0374. The first kappa shape index (κ1) is 23.1. The second-order valence-electron chi connectivity index (χ2n) is 8.92. The number of rotatable bonds is 7. The van der Waals surface area contributed by atoms with E-state index in [1.54, 1.807) is 0 Å². The highest BCUT2D eigenvalue weighted by Gasteiger charge is 2.29. The van der Waals surface area contributed by atoms with Crippen molar-refractivity contribution in [3.8, 4) is 0 Å². The Bertz CT molecular complexity index is 957. The smallest absolute Gasteiger partial charge is 0.407 e. The Hall–Kier alpha value is -3.06. The van der Waals surface area contributed by atoms with E-state index >= 15 is 0 Å². The van der Waals surface area contributed by atoms with Gasteiger partial charge in [-0.1, -0.05) is 49.4 Å². The molecule has 0 saturated carbocycles. The predicted molar refractivity (Wildman–Crippen MR) is 129 cm³/mol. The summed E-state index contributed by atoms with van der Waals surface area (Å²) < 4.78 is 0. The fourth-order valence-electron chi connectivity index (χ4n) is 4.91. The van der Waals surface area contributed by atoms with Crippen LogP contribution in [0.1, 0.15) is 36.5 Å². The van der Waals surface area contributed by atoms with Crippen molar-refractivity contribution in [2.45, 2.75) is 45.3 Å². The van der Waals surface area contributed by atoms with Gasteiger partial charge in [0, 0.05) is 44.5 Å². The minimum Gasteiger partial charge on any atom is -0.465 e. The molecule has 7 heteroatoms. The Morgan fingerprint density at radius 1 is 1.06 bits per heavy atom. The van der Waals surface area contributed by atoms with Crippen LogP contribution in [0.5, 0.6) is 0 Å². The topological polar surface area (TPSA) is 76.1 Å². The molecular formula is C26H34N4O3. The van der Waals surface area contributed by atoms with Gasteiger partial charge in [0.15, 0.2) is 0 Å². The zero-order valence-electron chi connectivity index (χ0n) is 19.4. The standard InChI is InChI=1S/C26H34N4O3/c1-2-28-14-11-21-9-6-10-24(23(21)19-28)27-17-25(31)30(18-20-7-4-3-5-8-20)22-12-15-29(16-13-22)26(32)33/h3-10,22,27H,2,11-19H2,1H3,(H,32,33). The predicted octanol–water partition coefficient (Wildman–Crippen LogP) is 3.65. The number of likely N-dealkylation sites (N-methyl/N-ethyl adjacent to an activating group) is 1. The zero-order valence-corrected chi connectivity index (χ0v) is 19.4. The number of likely N-dealkylation sites (tertiary alicyclic amines) is 1. The van der Waals surface area contributed by atoms with E-state index in [1.807, 2.05) is 35.2 Å². The summed E-state index contributed by atoms with van der Waals surface area (Å²) in [4.78, 5) is 30.6. The van der Waals surface area contributed by atoms with Gasteiger partial charge in [-0.2, -0.15) is 0 Å². The van der Waals surface area contributed by atoms with Gasteiger partial charge in [0.05, 0.1) is 6.54 Å². The average molecular weight is 451 g/mol. The number of nitrogens with one attached hydrogen (secondary N) is 1. The van der Waals surface area contributed by atoms with Gasteiger partial charge in [-0.05, 0) is 48.6 Å². The highest BCUT2D eigenvalue weighted by Crippen LogP contribution is 2.26. The third kappa shape index (κ3) is 5.66. The summed E-state index contributed by atoms with van der Waals surface area (Å²) in [5, 5.41) is 12.7. The number of hydrogen-bond donors (Lipinski definition) is 2. The Morgan fingerprint density at radius 2 is 1.82 bits per heavy atom. The largest absolute Gasteiger partial charge is 0.465 e. The molecule has 2 amide bonds. The summed E-state index contributed by atoms with van der Waals surface area (Å²) in [7, 11) is 0. The van der Waals surface area contributed by atoms with Crippen molar-refractivity contribution in [2.24, 2.45) is 0 Å². The number of benzene rings is 2. The van der Waals surface area contributed by atoms with Crippen molar-refractivity contribution >= 4 is 17.7 Å².